The summed E-state index contributed by atoms with van der Waals surface area (Å²) in [7, 11) is 2.01. The molecule has 2 heterocycles. The lowest BCUT2D eigenvalue weighted by Gasteiger charge is -1.99. The van der Waals surface area contributed by atoms with E-state index >= 15 is 0 Å². The first-order valence-electron chi connectivity index (χ1n) is 6.22. The summed E-state index contributed by atoms with van der Waals surface area (Å²) in [4.78, 5) is 0. The molecule has 3 aromatic rings. The Bertz CT molecular complexity index is 673. The van der Waals surface area contributed by atoms with E-state index in [9.17, 15) is 0 Å². The highest BCUT2D eigenvalue weighted by Gasteiger charge is 2.12. The second-order valence-corrected chi connectivity index (χ2v) is 4.48. The first-order chi connectivity index (χ1) is 9.33. The van der Waals surface area contributed by atoms with Gasteiger partial charge in [-0.25, -0.2) is 4.68 Å². The molecule has 0 fully saturated rings. The number of nitrogens with zero attached hydrogens (tertiary/aromatic N) is 4. The van der Waals surface area contributed by atoms with Gasteiger partial charge in [0.2, 0.25) is 5.69 Å². The molecule has 19 heavy (non-hydrogen) atoms. The van der Waals surface area contributed by atoms with Crippen LogP contribution in [0.4, 0.5) is 0 Å². The molecular formula is C15H15N4+. The van der Waals surface area contributed by atoms with Gasteiger partial charge in [-0.3, -0.25) is 0 Å². The van der Waals surface area contributed by atoms with Crippen molar-refractivity contribution >= 4 is 0 Å². The fraction of sp³-hybridized carbons (Fsp3) is 0.133. The summed E-state index contributed by atoms with van der Waals surface area (Å²) in [5.74, 6) is 0. The van der Waals surface area contributed by atoms with Crippen LogP contribution in [0, 0.1) is 0 Å². The molecule has 0 atom stereocenters. The van der Waals surface area contributed by atoms with Gasteiger partial charge in [0.15, 0.2) is 11.9 Å². The topological polar surface area (TPSA) is 34.6 Å². The summed E-state index contributed by atoms with van der Waals surface area (Å²) in [6, 6.07) is 16.3. The number of pyridine rings is 1. The zero-order valence-corrected chi connectivity index (χ0v) is 10.8. The van der Waals surface area contributed by atoms with Crippen molar-refractivity contribution in [1.82, 2.24) is 15.0 Å². The lowest BCUT2D eigenvalue weighted by atomic mass is 10.2. The highest BCUT2D eigenvalue weighted by molar-refractivity contribution is 5.47. The van der Waals surface area contributed by atoms with Crippen LogP contribution in [0.2, 0.25) is 0 Å². The van der Waals surface area contributed by atoms with Gasteiger partial charge in [-0.1, -0.05) is 35.5 Å². The van der Waals surface area contributed by atoms with E-state index in [1.807, 2.05) is 65.1 Å². The molecule has 0 N–H and O–H groups in total. The minimum absolute atomic E-state index is 0.740. The highest BCUT2D eigenvalue weighted by atomic mass is 15.4. The van der Waals surface area contributed by atoms with Crippen LogP contribution in [0.3, 0.4) is 0 Å². The number of aromatic nitrogens is 4. The van der Waals surface area contributed by atoms with Crippen molar-refractivity contribution < 1.29 is 4.57 Å². The number of aryl methyl sites for hydroxylation is 1. The van der Waals surface area contributed by atoms with Crippen LogP contribution in [0.5, 0.6) is 0 Å². The van der Waals surface area contributed by atoms with E-state index in [0.717, 1.165) is 17.9 Å². The molecule has 0 saturated heterocycles. The van der Waals surface area contributed by atoms with Crippen LogP contribution in [-0.2, 0) is 13.6 Å². The SMILES string of the molecule is C[n+]1ccccc1-c1cn(Cc2ccccc2)nn1. The summed E-state index contributed by atoms with van der Waals surface area (Å²) in [6.07, 6.45) is 3.98. The van der Waals surface area contributed by atoms with Crippen molar-refractivity contribution in [1.29, 1.82) is 0 Å². The van der Waals surface area contributed by atoms with Gasteiger partial charge in [0, 0.05) is 12.1 Å². The number of hydrogen-bond acceptors (Lipinski definition) is 2. The molecule has 3 rings (SSSR count). The number of benzene rings is 1. The Hall–Kier alpha value is -2.49. The van der Waals surface area contributed by atoms with Gasteiger partial charge in [-0.05, 0) is 11.6 Å². The van der Waals surface area contributed by atoms with E-state index in [1.54, 1.807) is 0 Å². The van der Waals surface area contributed by atoms with Gasteiger partial charge in [-0.15, -0.1) is 5.10 Å². The van der Waals surface area contributed by atoms with Crippen LogP contribution in [0.25, 0.3) is 11.4 Å². The van der Waals surface area contributed by atoms with Gasteiger partial charge in [0.1, 0.15) is 7.05 Å². The molecular weight excluding hydrogens is 236 g/mol. The van der Waals surface area contributed by atoms with Crippen LogP contribution >= 0.6 is 0 Å². The Labute approximate surface area is 112 Å². The van der Waals surface area contributed by atoms with Gasteiger partial charge in [-0.2, -0.15) is 4.57 Å². The minimum atomic E-state index is 0.740. The Balaban J connectivity index is 1.86. The van der Waals surface area contributed by atoms with Crippen molar-refractivity contribution in [2.45, 2.75) is 6.54 Å². The summed E-state index contributed by atoms with van der Waals surface area (Å²) in [5, 5.41) is 8.42. The first-order valence-corrected chi connectivity index (χ1v) is 6.22. The third-order valence-electron chi connectivity index (χ3n) is 3.04. The van der Waals surface area contributed by atoms with E-state index in [4.69, 9.17) is 0 Å². The maximum absolute atomic E-state index is 4.24. The third-order valence-corrected chi connectivity index (χ3v) is 3.04. The first kappa shape index (κ1) is 11.6. The third kappa shape index (κ3) is 2.52. The molecule has 0 unspecified atom stereocenters. The van der Waals surface area contributed by atoms with Gasteiger partial charge >= 0.3 is 0 Å². The van der Waals surface area contributed by atoms with E-state index < -0.39 is 0 Å². The second kappa shape index (κ2) is 5.02. The summed E-state index contributed by atoms with van der Waals surface area (Å²) >= 11 is 0. The van der Waals surface area contributed by atoms with Gasteiger partial charge < -0.3 is 0 Å². The zero-order chi connectivity index (χ0) is 13.1. The largest absolute Gasteiger partial charge is 0.247 e. The summed E-state index contributed by atoms with van der Waals surface area (Å²) in [6.45, 7) is 0.740. The van der Waals surface area contributed by atoms with E-state index in [2.05, 4.69) is 22.4 Å². The average Bonchev–Trinajstić information content (AvgIpc) is 2.89. The fourth-order valence-corrected chi connectivity index (χ4v) is 2.05. The molecule has 0 aliphatic carbocycles. The Kier molecular flexibility index (Phi) is 3.06. The lowest BCUT2D eigenvalue weighted by Crippen LogP contribution is -2.29. The maximum atomic E-state index is 4.24. The van der Waals surface area contributed by atoms with Crippen molar-refractivity contribution in [3.63, 3.8) is 0 Å². The van der Waals surface area contributed by atoms with Crippen LogP contribution < -0.4 is 4.57 Å². The van der Waals surface area contributed by atoms with E-state index in [1.165, 1.54) is 5.56 Å². The summed E-state index contributed by atoms with van der Waals surface area (Å²) in [5.41, 5.74) is 3.16. The van der Waals surface area contributed by atoms with Crippen molar-refractivity contribution in [3.05, 3.63) is 66.5 Å². The zero-order valence-electron chi connectivity index (χ0n) is 10.8. The molecule has 0 bridgehead atoms. The summed E-state index contributed by atoms with van der Waals surface area (Å²) < 4.78 is 3.90. The van der Waals surface area contributed by atoms with Crippen molar-refractivity contribution in [2.24, 2.45) is 7.05 Å². The maximum Gasteiger partial charge on any atom is 0.234 e. The van der Waals surface area contributed by atoms with Crippen LogP contribution in [0.15, 0.2) is 60.9 Å². The molecule has 1 aromatic carbocycles. The monoisotopic (exact) mass is 251 g/mol. The van der Waals surface area contributed by atoms with Crippen molar-refractivity contribution in [2.75, 3.05) is 0 Å². The van der Waals surface area contributed by atoms with Gasteiger partial charge in [0.25, 0.3) is 0 Å². The normalized spacial score (nSPS) is 10.6. The number of hydrogen-bond donors (Lipinski definition) is 0. The quantitative estimate of drug-likeness (QED) is 0.665. The fourth-order valence-electron chi connectivity index (χ4n) is 2.05. The smallest absolute Gasteiger partial charge is 0.234 e. The predicted octanol–water partition coefficient (Wildman–Crippen LogP) is 1.82. The standard InChI is InChI=1S/C15H15N4/c1-18-10-6-5-9-15(18)14-12-19(17-16-14)11-13-7-3-2-4-8-13/h2-10,12H,11H2,1H3/q+1. The molecule has 0 amide bonds. The molecule has 4 heteroatoms. The molecule has 4 nitrogen and oxygen atoms in total. The molecule has 0 radical (unpaired) electrons. The number of rotatable bonds is 3. The average molecular weight is 251 g/mol. The lowest BCUT2D eigenvalue weighted by molar-refractivity contribution is -0.660. The van der Waals surface area contributed by atoms with Gasteiger partial charge in [0.05, 0.1) is 12.7 Å². The second-order valence-electron chi connectivity index (χ2n) is 4.48. The highest BCUT2D eigenvalue weighted by Crippen LogP contribution is 2.11. The molecule has 0 aliphatic heterocycles. The Morgan fingerprint density at radius 2 is 1.84 bits per heavy atom. The van der Waals surface area contributed by atoms with Crippen LogP contribution in [0.1, 0.15) is 5.56 Å². The van der Waals surface area contributed by atoms with Crippen molar-refractivity contribution in [3.8, 4) is 11.4 Å². The van der Waals surface area contributed by atoms with Crippen LogP contribution in [-0.4, -0.2) is 15.0 Å². The van der Waals surface area contributed by atoms with E-state index in [-0.39, 0.29) is 0 Å². The molecule has 2 aromatic heterocycles. The molecule has 0 spiro atoms. The molecule has 94 valence electrons. The molecule has 0 aliphatic rings. The Morgan fingerprint density at radius 1 is 1.05 bits per heavy atom. The predicted molar refractivity (Wildman–Crippen MR) is 72.2 cm³/mol. The van der Waals surface area contributed by atoms with E-state index in [0.29, 0.717) is 0 Å². The Morgan fingerprint density at radius 3 is 2.63 bits per heavy atom. The molecule has 0 saturated carbocycles. The minimum Gasteiger partial charge on any atom is -0.247 e.